The minimum absolute atomic E-state index is 0.146. The Bertz CT molecular complexity index is 511. The lowest BCUT2D eigenvalue weighted by Crippen LogP contribution is -2.15. The van der Waals surface area contributed by atoms with Crippen molar-refractivity contribution < 1.29 is 4.74 Å². The fourth-order valence-corrected chi connectivity index (χ4v) is 1.85. The van der Waals surface area contributed by atoms with Gasteiger partial charge in [0.2, 0.25) is 0 Å². The lowest BCUT2D eigenvalue weighted by Gasteiger charge is -2.14. The second-order valence-corrected chi connectivity index (χ2v) is 4.16. The molecule has 1 atom stereocenters. The first kappa shape index (κ1) is 12.4. The third-order valence-corrected chi connectivity index (χ3v) is 2.90. The van der Waals surface area contributed by atoms with E-state index in [9.17, 15) is 0 Å². The highest BCUT2D eigenvalue weighted by Crippen LogP contribution is 2.21. The van der Waals surface area contributed by atoms with Crippen LogP contribution in [0.3, 0.4) is 0 Å². The molecule has 1 heterocycles. The van der Waals surface area contributed by atoms with Crippen LogP contribution in [-0.2, 0) is 6.42 Å². The van der Waals surface area contributed by atoms with Crippen molar-refractivity contribution in [2.24, 2.45) is 5.73 Å². The Morgan fingerprint density at radius 3 is 2.56 bits per heavy atom. The number of methoxy groups -OCH3 is 1. The number of nitrogens with two attached hydrogens (primary N) is 2. The quantitative estimate of drug-likeness (QED) is 0.860. The Morgan fingerprint density at radius 1 is 1.22 bits per heavy atom. The van der Waals surface area contributed by atoms with E-state index in [4.69, 9.17) is 16.2 Å². The molecular weight excluding hydrogens is 226 g/mol. The van der Waals surface area contributed by atoms with Crippen LogP contribution in [0.4, 0.5) is 5.69 Å². The van der Waals surface area contributed by atoms with Crippen LogP contribution in [0.5, 0.6) is 5.75 Å². The number of anilines is 1. The van der Waals surface area contributed by atoms with Gasteiger partial charge in [0.25, 0.3) is 0 Å². The van der Waals surface area contributed by atoms with Crippen molar-refractivity contribution >= 4 is 5.69 Å². The Morgan fingerprint density at radius 2 is 1.94 bits per heavy atom. The SMILES string of the molecule is COc1ccc(CC(N)c2cnccc2N)cc1. The predicted octanol–water partition coefficient (Wildman–Crippen LogP) is 1.91. The minimum atomic E-state index is -0.146. The molecule has 0 aliphatic rings. The molecule has 4 nitrogen and oxygen atoms in total. The average molecular weight is 243 g/mol. The van der Waals surface area contributed by atoms with Crippen LogP contribution >= 0.6 is 0 Å². The summed E-state index contributed by atoms with van der Waals surface area (Å²) in [4.78, 5) is 4.06. The van der Waals surface area contributed by atoms with Crippen molar-refractivity contribution in [1.82, 2.24) is 4.98 Å². The topological polar surface area (TPSA) is 74.2 Å². The second-order valence-electron chi connectivity index (χ2n) is 4.16. The summed E-state index contributed by atoms with van der Waals surface area (Å²) < 4.78 is 5.12. The maximum atomic E-state index is 6.15. The summed E-state index contributed by atoms with van der Waals surface area (Å²) in [5.41, 5.74) is 14.7. The maximum Gasteiger partial charge on any atom is 0.118 e. The Labute approximate surface area is 107 Å². The number of hydrogen-bond donors (Lipinski definition) is 2. The van der Waals surface area contributed by atoms with Crippen molar-refractivity contribution in [1.29, 1.82) is 0 Å². The molecule has 0 saturated heterocycles. The van der Waals surface area contributed by atoms with Crippen LogP contribution in [0.25, 0.3) is 0 Å². The number of hydrogen-bond acceptors (Lipinski definition) is 4. The van der Waals surface area contributed by atoms with Gasteiger partial charge in [-0.2, -0.15) is 0 Å². The number of ether oxygens (including phenoxy) is 1. The summed E-state index contributed by atoms with van der Waals surface area (Å²) >= 11 is 0. The number of benzene rings is 1. The van der Waals surface area contributed by atoms with Crippen molar-refractivity contribution in [3.63, 3.8) is 0 Å². The van der Waals surface area contributed by atoms with E-state index in [1.165, 1.54) is 0 Å². The standard InChI is InChI=1S/C14H17N3O/c1-18-11-4-2-10(3-5-11)8-14(16)12-9-17-7-6-13(12)15/h2-7,9,14H,8,16H2,1H3,(H2,15,17). The highest BCUT2D eigenvalue weighted by atomic mass is 16.5. The average Bonchev–Trinajstić information content (AvgIpc) is 2.40. The molecule has 94 valence electrons. The largest absolute Gasteiger partial charge is 0.497 e. The van der Waals surface area contributed by atoms with Crippen LogP contribution in [0, 0.1) is 0 Å². The van der Waals surface area contributed by atoms with Crippen molar-refractivity contribution in [3.05, 3.63) is 53.9 Å². The molecule has 0 saturated carbocycles. The molecule has 1 aromatic carbocycles. The Hall–Kier alpha value is -2.07. The molecule has 18 heavy (non-hydrogen) atoms. The molecule has 2 rings (SSSR count). The number of aromatic nitrogens is 1. The first-order chi connectivity index (χ1) is 8.70. The van der Waals surface area contributed by atoms with E-state index in [2.05, 4.69) is 4.98 Å². The molecule has 4 heteroatoms. The van der Waals surface area contributed by atoms with Crippen LogP contribution < -0.4 is 16.2 Å². The molecule has 0 amide bonds. The zero-order valence-corrected chi connectivity index (χ0v) is 10.3. The number of pyridine rings is 1. The molecule has 0 radical (unpaired) electrons. The third kappa shape index (κ3) is 2.78. The third-order valence-electron chi connectivity index (χ3n) is 2.90. The van der Waals surface area contributed by atoms with E-state index in [1.54, 1.807) is 25.6 Å². The van der Waals surface area contributed by atoms with Gasteiger partial charge in [-0.1, -0.05) is 12.1 Å². The smallest absolute Gasteiger partial charge is 0.118 e. The lowest BCUT2D eigenvalue weighted by molar-refractivity contribution is 0.414. The highest BCUT2D eigenvalue weighted by molar-refractivity contribution is 5.46. The van der Waals surface area contributed by atoms with E-state index in [0.29, 0.717) is 5.69 Å². The van der Waals surface area contributed by atoms with Gasteiger partial charge < -0.3 is 16.2 Å². The van der Waals surface area contributed by atoms with Crippen molar-refractivity contribution in [2.45, 2.75) is 12.5 Å². The summed E-state index contributed by atoms with van der Waals surface area (Å²) in [5.74, 6) is 0.841. The van der Waals surface area contributed by atoms with Gasteiger partial charge in [0.1, 0.15) is 5.75 Å². The van der Waals surface area contributed by atoms with Crippen molar-refractivity contribution in [3.8, 4) is 5.75 Å². The van der Waals surface area contributed by atoms with E-state index in [-0.39, 0.29) is 6.04 Å². The Kier molecular flexibility index (Phi) is 3.79. The van der Waals surface area contributed by atoms with Crippen LogP contribution in [0.15, 0.2) is 42.7 Å². The van der Waals surface area contributed by atoms with Gasteiger partial charge in [-0.15, -0.1) is 0 Å². The van der Waals surface area contributed by atoms with Crippen LogP contribution in [0.2, 0.25) is 0 Å². The van der Waals surface area contributed by atoms with E-state index in [0.717, 1.165) is 23.3 Å². The summed E-state index contributed by atoms with van der Waals surface area (Å²) in [6.45, 7) is 0. The van der Waals surface area contributed by atoms with Crippen LogP contribution in [-0.4, -0.2) is 12.1 Å². The predicted molar refractivity (Wildman–Crippen MR) is 72.3 cm³/mol. The molecule has 0 bridgehead atoms. The first-order valence-corrected chi connectivity index (χ1v) is 5.78. The van der Waals surface area contributed by atoms with Gasteiger partial charge in [0.05, 0.1) is 7.11 Å². The summed E-state index contributed by atoms with van der Waals surface area (Å²) in [7, 11) is 1.65. The summed E-state index contributed by atoms with van der Waals surface area (Å²) in [5, 5.41) is 0. The molecule has 1 unspecified atom stereocenters. The molecule has 2 aromatic rings. The highest BCUT2D eigenvalue weighted by Gasteiger charge is 2.10. The first-order valence-electron chi connectivity index (χ1n) is 5.78. The Balaban J connectivity index is 2.11. The van der Waals surface area contributed by atoms with E-state index >= 15 is 0 Å². The maximum absolute atomic E-state index is 6.15. The normalized spacial score (nSPS) is 12.1. The lowest BCUT2D eigenvalue weighted by atomic mass is 10.00. The number of nitrogens with zero attached hydrogens (tertiary/aromatic N) is 1. The second kappa shape index (κ2) is 5.51. The van der Waals surface area contributed by atoms with Crippen molar-refractivity contribution in [2.75, 3.05) is 12.8 Å². The molecular formula is C14H17N3O. The molecule has 0 aliphatic heterocycles. The zero-order valence-electron chi connectivity index (χ0n) is 10.3. The molecule has 0 aliphatic carbocycles. The van der Waals surface area contributed by atoms with Gasteiger partial charge in [-0.05, 0) is 30.2 Å². The fourth-order valence-electron chi connectivity index (χ4n) is 1.85. The number of nitrogen functional groups attached to an aromatic ring is 1. The molecule has 1 aromatic heterocycles. The van der Waals surface area contributed by atoms with Gasteiger partial charge in [-0.3, -0.25) is 4.98 Å². The monoisotopic (exact) mass is 243 g/mol. The summed E-state index contributed by atoms with van der Waals surface area (Å²) in [6.07, 6.45) is 4.11. The number of rotatable bonds is 4. The van der Waals surface area contributed by atoms with Crippen LogP contribution in [0.1, 0.15) is 17.2 Å². The fraction of sp³-hybridized carbons (Fsp3) is 0.214. The van der Waals surface area contributed by atoms with E-state index < -0.39 is 0 Å². The zero-order chi connectivity index (χ0) is 13.0. The minimum Gasteiger partial charge on any atom is -0.497 e. The van der Waals surface area contributed by atoms with Gasteiger partial charge in [0.15, 0.2) is 0 Å². The van der Waals surface area contributed by atoms with Gasteiger partial charge >= 0.3 is 0 Å². The molecule has 0 fully saturated rings. The van der Waals surface area contributed by atoms with Gasteiger partial charge in [-0.25, -0.2) is 0 Å². The van der Waals surface area contributed by atoms with E-state index in [1.807, 2.05) is 24.3 Å². The summed E-state index contributed by atoms with van der Waals surface area (Å²) in [6, 6.07) is 9.48. The molecule has 4 N–H and O–H groups in total. The van der Waals surface area contributed by atoms with Gasteiger partial charge in [0, 0.05) is 29.7 Å². The molecule has 0 spiro atoms.